The Kier molecular flexibility index (Phi) is 8.23. The molecule has 0 aliphatic rings. The first-order chi connectivity index (χ1) is 21.6. The van der Waals surface area contributed by atoms with Crippen molar-refractivity contribution in [2.24, 2.45) is 0 Å². The highest BCUT2D eigenvalue weighted by Gasteiger charge is 2.16. The molecule has 0 atom stereocenters. The Labute approximate surface area is 258 Å². The minimum atomic E-state index is 0.813. The molecule has 0 saturated heterocycles. The second-order valence-electron chi connectivity index (χ2n) is 10.2. The highest BCUT2D eigenvalue weighted by Crippen LogP contribution is 2.40. The number of nitrogens with zero attached hydrogens (tertiary/aromatic N) is 2. The van der Waals surface area contributed by atoms with Crippen molar-refractivity contribution in [2.45, 2.75) is 0 Å². The number of hydrogen-bond donors (Lipinski definition) is 0. The topological polar surface area (TPSA) is 43.4 Å². The van der Waals surface area contributed by atoms with Gasteiger partial charge in [-0.3, -0.25) is 0 Å². The summed E-state index contributed by atoms with van der Waals surface area (Å²) in [5.41, 5.74) is 6.19. The molecule has 0 spiro atoms. The van der Waals surface area contributed by atoms with Crippen molar-refractivity contribution >= 4 is 44.9 Å². The zero-order valence-electron chi connectivity index (χ0n) is 25.2. The molecule has 6 rings (SSSR count). The van der Waals surface area contributed by atoms with Crippen LogP contribution in [-0.2, 0) is 0 Å². The number of benzene rings is 6. The summed E-state index contributed by atoms with van der Waals surface area (Å²) in [7, 11) is 6.72. The maximum Gasteiger partial charge on any atom is 0.119 e. The van der Waals surface area contributed by atoms with Crippen LogP contribution in [0.5, 0.6) is 23.0 Å². The van der Waals surface area contributed by atoms with E-state index in [-0.39, 0.29) is 0 Å². The number of anilines is 6. The lowest BCUT2D eigenvalue weighted by Gasteiger charge is -2.27. The number of methoxy groups -OCH3 is 4. The summed E-state index contributed by atoms with van der Waals surface area (Å²) >= 11 is 0. The van der Waals surface area contributed by atoms with E-state index in [4.69, 9.17) is 18.9 Å². The van der Waals surface area contributed by atoms with E-state index in [1.807, 2.05) is 48.5 Å². The van der Waals surface area contributed by atoms with Gasteiger partial charge in [0.25, 0.3) is 0 Å². The van der Waals surface area contributed by atoms with Gasteiger partial charge in [-0.2, -0.15) is 0 Å². The average Bonchev–Trinajstić information content (AvgIpc) is 3.09. The standard InChI is InChI=1S/C38H34N2O4/c1-41-35-17-9-29(10-18-35)39(30-11-19-36(42-2)20-12-30)33-7-5-28-26-34(8-6-27(28)25-33)40(31-13-21-37(43-3)22-14-31)32-15-23-38(44-4)24-16-32/h5-26H,1-4H3. The molecule has 6 aromatic rings. The van der Waals surface area contributed by atoms with Crippen LogP contribution in [0.2, 0.25) is 0 Å². The van der Waals surface area contributed by atoms with Gasteiger partial charge in [0.2, 0.25) is 0 Å². The van der Waals surface area contributed by atoms with Gasteiger partial charge in [-0.15, -0.1) is 0 Å². The van der Waals surface area contributed by atoms with Gasteiger partial charge in [0, 0.05) is 34.1 Å². The van der Waals surface area contributed by atoms with Crippen molar-refractivity contribution in [1.82, 2.24) is 0 Å². The smallest absolute Gasteiger partial charge is 0.119 e. The maximum atomic E-state index is 5.41. The van der Waals surface area contributed by atoms with Crippen molar-refractivity contribution < 1.29 is 18.9 Å². The molecule has 44 heavy (non-hydrogen) atoms. The number of hydrogen-bond acceptors (Lipinski definition) is 6. The molecule has 0 saturated carbocycles. The molecule has 0 bridgehead atoms. The highest BCUT2D eigenvalue weighted by molar-refractivity contribution is 5.93. The van der Waals surface area contributed by atoms with Crippen LogP contribution in [0.3, 0.4) is 0 Å². The third-order valence-electron chi connectivity index (χ3n) is 7.65. The number of ether oxygens (including phenoxy) is 4. The fourth-order valence-corrected chi connectivity index (χ4v) is 5.32. The summed E-state index contributed by atoms with van der Waals surface area (Å²) in [6.45, 7) is 0. The number of fused-ring (bicyclic) bond motifs is 1. The summed E-state index contributed by atoms with van der Waals surface area (Å²) in [4.78, 5) is 4.46. The molecule has 0 aromatic heterocycles. The third-order valence-corrected chi connectivity index (χ3v) is 7.65. The minimum Gasteiger partial charge on any atom is -0.497 e. The molecule has 0 N–H and O–H groups in total. The predicted molar refractivity (Wildman–Crippen MR) is 180 cm³/mol. The van der Waals surface area contributed by atoms with Gasteiger partial charge in [-0.1, -0.05) is 12.1 Å². The van der Waals surface area contributed by atoms with Crippen molar-refractivity contribution in [3.63, 3.8) is 0 Å². The highest BCUT2D eigenvalue weighted by atomic mass is 16.5. The predicted octanol–water partition coefficient (Wildman–Crippen LogP) is 9.81. The van der Waals surface area contributed by atoms with E-state index in [0.29, 0.717) is 0 Å². The zero-order valence-corrected chi connectivity index (χ0v) is 25.2. The van der Waals surface area contributed by atoms with Crippen LogP contribution < -0.4 is 28.7 Å². The van der Waals surface area contributed by atoms with Gasteiger partial charge in [-0.25, -0.2) is 0 Å². The van der Waals surface area contributed by atoms with E-state index in [1.54, 1.807) is 28.4 Å². The summed E-state index contributed by atoms with van der Waals surface area (Å²) < 4.78 is 21.7. The van der Waals surface area contributed by atoms with E-state index in [9.17, 15) is 0 Å². The molecule has 0 heterocycles. The van der Waals surface area contributed by atoms with Gasteiger partial charge in [0.15, 0.2) is 0 Å². The molecular weight excluding hydrogens is 548 g/mol. The van der Waals surface area contributed by atoms with Crippen molar-refractivity contribution in [1.29, 1.82) is 0 Å². The van der Waals surface area contributed by atoms with Crippen molar-refractivity contribution in [3.8, 4) is 23.0 Å². The van der Waals surface area contributed by atoms with Gasteiger partial charge in [-0.05, 0) is 132 Å². The van der Waals surface area contributed by atoms with Crippen LogP contribution in [0.25, 0.3) is 10.8 Å². The zero-order chi connectivity index (χ0) is 30.5. The Hall–Kier alpha value is -5.62. The molecule has 0 aliphatic carbocycles. The van der Waals surface area contributed by atoms with Gasteiger partial charge in [0.05, 0.1) is 28.4 Å². The lowest BCUT2D eigenvalue weighted by atomic mass is 10.1. The first kappa shape index (κ1) is 28.5. The molecule has 0 unspecified atom stereocenters. The fraction of sp³-hybridized carbons (Fsp3) is 0.105. The van der Waals surface area contributed by atoms with E-state index in [1.165, 1.54) is 0 Å². The van der Waals surface area contributed by atoms with Gasteiger partial charge < -0.3 is 28.7 Å². The lowest BCUT2D eigenvalue weighted by Crippen LogP contribution is -2.10. The van der Waals surface area contributed by atoms with Crippen LogP contribution in [0.1, 0.15) is 0 Å². The normalized spacial score (nSPS) is 10.7. The Bertz CT molecular complexity index is 1600. The first-order valence-electron chi connectivity index (χ1n) is 14.3. The Morgan fingerprint density at radius 3 is 0.750 bits per heavy atom. The second kappa shape index (κ2) is 12.7. The van der Waals surface area contributed by atoms with E-state index in [0.717, 1.165) is 67.9 Å². The van der Waals surface area contributed by atoms with Gasteiger partial charge >= 0.3 is 0 Å². The second-order valence-corrected chi connectivity index (χ2v) is 10.2. The van der Waals surface area contributed by atoms with Crippen LogP contribution in [0.15, 0.2) is 133 Å². The number of rotatable bonds is 10. The molecule has 0 radical (unpaired) electrons. The SMILES string of the molecule is COc1ccc(N(c2ccc(OC)cc2)c2ccc3cc(N(c4ccc(OC)cc4)c4ccc(OC)cc4)ccc3c2)cc1. The molecule has 0 fully saturated rings. The third kappa shape index (κ3) is 5.83. The quantitative estimate of drug-likeness (QED) is 0.160. The van der Waals surface area contributed by atoms with Crippen molar-refractivity contribution in [2.75, 3.05) is 38.2 Å². The van der Waals surface area contributed by atoms with Crippen LogP contribution in [0, 0.1) is 0 Å². The minimum absolute atomic E-state index is 0.813. The summed E-state index contributed by atoms with van der Waals surface area (Å²) in [5.74, 6) is 3.25. The largest absolute Gasteiger partial charge is 0.497 e. The Balaban J connectivity index is 1.42. The van der Waals surface area contributed by atoms with Gasteiger partial charge in [0.1, 0.15) is 23.0 Å². The monoisotopic (exact) mass is 582 g/mol. The maximum absolute atomic E-state index is 5.41. The summed E-state index contributed by atoms with van der Waals surface area (Å²) in [6, 6.07) is 45.5. The van der Waals surface area contributed by atoms with Crippen molar-refractivity contribution in [3.05, 3.63) is 133 Å². The summed E-state index contributed by atoms with van der Waals surface area (Å²) in [6.07, 6.45) is 0. The molecule has 6 heteroatoms. The van der Waals surface area contributed by atoms with Crippen LogP contribution in [-0.4, -0.2) is 28.4 Å². The van der Waals surface area contributed by atoms with Crippen LogP contribution >= 0.6 is 0 Å². The molecule has 0 aliphatic heterocycles. The summed E-state index contributed by atoms with van der Waals surface area (Å²) in [5, 5.41) is 2.25. The van der Waals surface area contributed by atoms with E-state index in [2.05, 4.69) is 94.7 Å². The first-order valence-corrected chi connectivity index (χ1v) is 14.3. The van der Waals surface area contributed by atoms with E-state index >= 15 is 0 Å². The molecule has 6 aromatic carbocycles. The molecule has 0 amide bonds. The van der Waals surface area contributed by atoms with Crippen LogP contribution in [0.4, 0.5) is 34.1 Å². The molecule has 220 valence electrons. The molecular formula is C38H34N2O4. The average molecular weight is 583 g/mol. The molecule has 6 nitrogen and oxygen atoms in total. The fourth-order valence-electron chi connectivity index (χ4n) is 5.32. The van der Waals surface area contributed by atoms with E-state index < -0.39 is 0 Å². The lowest BCUT2D eigenvalue weighted by molar-refractivity contribution is 0.414. The Morgan fingerprint density at radius 1 is 0.295 bits per heavy atom. The Morgan fingerprint density at radius 2 is 0.523 bits per heavy atom.